The lowest BCUT2D eigenvalue weighted by Gasteiger charge is -2.25. The van der Waals surface area contributed by atoms with E-state index in [2.05, 4.69) is 269 Å². The Bertz CT molecular complexity index is 2660. The number of hydrogen-bond acceptors (Lipinski definition) is 7. The maximum Gasteiger partial charge on any atom is 0.361 e. The third kappa shape index (κ3) is 82.0. The van der Waals surface area contributed by atoms with Gasteiger partial charge in [0.15, 0.2) is 6.10 Å². The largest absolute Gasteiger partial charge is 0.477 e. The number of aliphatic carboxylic acids is 1. The van der Waals surface area contributed by atoms with Crippen LogP contribution in [0, 0.1) is 0 Å². The molecule has 0 aromatic carbocycles. The molecule has 0 rings (SSSR count). The van der Waals surface area contributed by atoms with E-state index in [1.165, 1.54) is 12.8 Å². The molecule has 0 fully saturated rings. The van der Waals surface area contributed by atoms with Crippen LogP contribution in [0.5, 0.6) is 0 Å². The number of unbranched alkanes of at least 4 members (excludes halogenated alkanes) is 13. The van der Waals surface area contributed by atoms with Gasteiger partial charge < -0.3 is 28.5 Å². The topological polar surface area (TPSA) is 108 Å². The van der Waals surface area contributed by atoms with Crippen LogP contribution in [0.3, 0.4) is 0 Å². The van der Waals surface area contributed by atoms with Gasteiger partial charge in [-0.15, -0.1) is 0 Å². The molecule has 1 N–H and O–H groups in total. The Morgan fingerprint density at radius 1 is 0.291 bits per heavy atom. The van der Waals surface area contributed by atoms with Crippen molar-refractivity contribution in [2.24, 2.45) is 0 Å². The average Bonchev–Trinajstić information content (AvgIpc) is 1.01. The van der Waals surface area contributed by atoms with Crippen molar-refractivity contribution in [3.05, 3.63) is 255 Å². The Balaban J connectivity index is 4.23. The zero-order valence-electron chi connectivity index (χ0n) is 65.4. The Hall–Kier alpha value is -7.17. The fourth-order valence-corrected chi connectivity index (χ4v) is 9.81. The summed E-state index contributed by atoms with van der Waals surface area (Å²) in [7, 11) is 5.95. The van der Waals surface area contributed by atoms with Crippen LogP contribution in [0.2, 0.25) is 0 Å². The lowest BCUT2D eigenvalue weighted by atomic mass is 10.1. The summed E-state index contributed by atoms with van der Waals surface area (Å²) in [5.41, 5.74) is 0. The van der Waals surface area contributed by atoms with E-state index >= 15 is 0 Å². The lowest BCUT2D eigenvalue weighted by molar-refractivity contribution is -0.870. The standard InChI is InChI=1S/C94H143NO8/c1-6-8-10-12-14-16-18-20-22-24-26-28-30-32-34-36-38-40-42-44-45-46-47-49-51-53-55-57-59-61-63-65-67-69-71-73-75-77-79-81-83-85-92(97)103-90(89-102-94(93(98)99)100-87-86-95(3,4)5)88-101-91(96)84-82-80-78-76-74-72-70-68-66-64-62-60-58-56-54-52-50-48-43-41-39-37-35-33-31-29-27-25-23-21-19-17-15-13-11-9-7-2/h8-11,14-17,20-23,26-29,32-35,38-41,44-45,47-50,53-56,59-62,65-68,90,94H,6-7,12-13,18-19,24-25,30-31,36-37,42-43,46,51-52,57-58,63-64,69-89H2,1-5H3/p+1/b10-8-,11-9-,16-14-,17-15-,22-20-,23-21-,28-26-,29-27-,34-32-,35-33-,40-38-,41-39-,45-44-,49-47-,50-48-,55-53-,56-54-,61-59-,62-60-,67-65-,68-66-. The first kappa shape index (κ1) is 95.8. The molecule has 0 spiro atoms. The lowest BCUT2D eigenvalue weighted by Crippen LogP contribution is -2.40. The first-order valence-corrected chi connectivity index (χ1v) is 39.8. The number of esters is 2. The highest BCUT2D eigenvalue weighted by Gasteiger charge is 2.25. The van der Waals surface area contributed by atoms with Crippen molar-refractivity contribution in [3.63, 3.8) is 0 Å². The number of rotatable bonds is 70. The fraction of sp³-hybridized carbons (Fsp3) is 0.521. The van der Waals surface area contributed by atoms with E-state index in [1.54, 1.807) is 0 Å². The summed E-state index contributed by atoms with van der Waals surface area (Å²) in [5, 5.41) is 9.77. The minimum Gasteiger partial charge on any atom is -0.477 e. The molecule has 0 amide bonds. The Labute approximate surface area is 630 Å². The highest BCUT2D eigenvalue weighted by molar-refractivity contribution is 5.71. The zero-order chi connectivity index (χ0) is 74.6. The van der Waals surface area contributed by atoms with E-state index < -0.39 is 24.3 Å². The predicted octanol–water partition coefficient (Wildman–Crippen LogP) is 26.1. The summed E-state index contributed by atoms with van der Waals surface area (Å²) in [6.45, 7) is 4.58. The SMILES string of the molecule is CC/C=C\C/C=C\C/C=C\C/C=C\C/C=C\C/C=C\C/C=C\C/C=C\C/C=C\C/C=C\C/C=C\CCCCCCCCCC(=O)OC(COC(=O)CCCCCCCC/C=C\C/C=C\C/C=C\C/C=C\C/C=C\C/C=C\C/C=C\C/C=C\C/C=C\C/C=C\CC)COC(OCC[N+](C)(C)C)C(=O)O. The van der Waals surface area contributed by atoms with Gasteiger partial charge in [0.1, 0.15) is 13.2 Å². The van der Waals surface area contributed by atoms with E-state index in [9.17, 15) is 19.5 Å². The minimum absolute atomic E-state index is 0.169. The second-order valence-corrected chi connectivity index (χ2v) is 26.6. The fourth-order valence-electron chi connectivity index (χ4n) is 9.81. The molecular formula is C94H144NO8+. The van der Waals surface area contributed by atoms with E-state index in [0.717, 1.165) is 205 Å². The van der Waals surface area contributed by atoms with Crippen molar-refractivity contribution in [2.45, 2.75) is 270 Å². The molecule has 0 saturated heterocycles. The van der Waals surface area contributed by atoms with Crippen molar-refractivity contribution in [1.82, 2.24) is 0 Å². The highest BCUT2D eigenvalue weighted by atomic mass is 16.7. The number of carbonyl (C=O) groups is 3. The molecule has 0 aliphatic rings. The maximum atomic E-state index is 13.0. The average molecular weight is 1420 g/mol. The van der Waals surface area contributed by atoms with Gasteiger partial charge >= 0.3 is 17.9 Å². The highest BCUT2D eigenvalue weighted by Crippen LogP contribution is 2.14. The molecule has 0 bridgehead atoms. The number of carboxylic acids is 1. The van der Waals surface area contributed by atoms with Crippen LogP contribution >= 0.6 is 0 Å². The van der Waals surface area contributed by atoms with Crippen LogP contribution in [0.15, 0.2) is 255 Å². The van der Waals surface area contributed by atoms with Crippen molar-refractivity contribution in [3.8, 4) is 0 Å². The smallest absolute Gasteiger partial charge is 0.361 e. The first-order chi connectivity index (χ1) is 50.6. The molecule has 572 valence electrons. The number of likely N-dealkylation sites (N-methyl/N-ethyl adjacent to an activating group) is 1. The van der Waals surface area contributed by atoms with Crippen LogP contribution in [0.4, 0.5) is 0 Å². The molecule has 0 aliphatic heterocycles. The summed E-state index contributed by atoms with van der Waals surface area (Å²) in [6, 6.07) is 0. The molecule has 9 heteroatoms. The molecule has 2 atom stereocenters. The van der Waals surface area contributed by atoms with Crippen LogP contribution in [0.25, 0.3) is 0 Å². The van der Waals surface area contributed by atoms with E-state index in [-0.39, 0.29) is 38.6 Å². The van der Waals surface area contributed by atoms with Crippen LogP contribution < -0.4 is 0 Å². The number of ether oxygens (including phenoxy) is 4. The van der Waals surface area contributed by atoms with Crippen LogP contribution in [-0.4, -0.2) is 87.4 Å². The molecule has 0 aromatic rings. The molecule has 103 heavy (non-hydrogen) atoms. The Kier molecular flexibility index (Phi) is 74.9. The van der Waals surface area contributed by atoms with E-state index in [1.807, 2.05) is 21.1 Å². The van der Waals surface area contributed by atoms with Crippen LogP contribution in [0.1, 0.15) is 258 Å². The van der Waals surface area contributed by atoms with Gasteiger partial charge in [-0.25, -0.2) is 4.79 Å². The van der Waals surface area contributed by atoms with Gasteiger partial charge in [-0.3, -0.25) is 9.59 Å². The molecular weight excluding hydrogens is 1270 g/mol. The predicted molar refractivity (Wildman–Crippen MR) is 446 cm³/mol. The van der Waals surface area contributed by atoms with Gasteiger partial charge in [0.25, 0.3) is 6.29 Å². The zero-order valence-corrected chi connectivity index (χ0v) is 65.4. The van der Waals surface area contributed by atoms with Crippen molar-refractivity contribution in [1.29, 1.82) is 0 Å². The van der Waals surface area contributed by atoms with Crippen LogP contribution in [-0.2, 0) is 33.3 Å². The number of carbonyl (C=O) groups excluding carboxylic acids is 2. The van der Waals surface area contributed by atoms with Gasteiger partial charge in [-0.2, -0.15) is 0 Å². The summed E-state index contributed by atoms with van der Waals surface area (Å²) in [4.78, 5) is 37.7. The number of allylic oxidation sites excluding steroid dienone is 42. The summed E-state index contributed by atoms with van der Waals surface area (Å²) in [5.74, 6) is -2.07. The van der Waals surface area contributed by atoms with Gasteiger partial charge in [0.05, 0.1) is 34.4 Å². The first-order valence-electron chi connectivity index (χ1n) is 39.8. The number of hydrogen-bond donors (Lipinski definition) is 1. The molecule has 0 radical (unpaired) electrons. The Morgan fingerprint density at radius 2 is 0.524 bits per heavy atom. The number of quaternary nitrogens is 1. The summed E-state index contributed by atoms with van der Waals surface area (Å²) < 4.78 is 23.0. The molecule has 0 saturated carbocycles. The third-order valence-electron chi connectivity index (χ3n) is 15.8. The molecule has 0 aromatic heterocycles. The number of carboxylic acid groups (broad SMARTS) is 1. The summed E-state index contributed by atoms with van der Waals surface area (Å²) in [6.07, 6.45) is 128. The second kappa shape index (κ2) is 80.5. The minimum atomic E-state index is -1.54. The van der Waals surface area contributed by atoms with E-state index in [4.69, 9.17) is 18.9 Å². The normalized spacial score (nSPS) is 14.1. The number of nitrogens with zero attached hydrogens (tertiary/aromatic N) is 1. The Morgan fingerprint density at radius 3 is 0.777 bits per heavy atom. The van der Waals surface area contributed by atoms with Gasteiger partial charge in [0.2, 0.25) is 0 Å². The quantitative estimate of drug-likeness (QED) is 0.0211. The monoisotopic (exact) mass is 1420 g/mol. The molecule has 2 unspecified atom stereocenters. The maximum absolute atomic E-state index is 13.0. The van der Waals surface area contributed by atoms with E-state index in [0.29, 0.717) is 23.9 Å². The second-order valence-electron chi connectivity index (χ2n) is 26.6. The van der Waals surface area contributed by atoms with Gasteiger partial charge in [0, 0.05) is 12.8 Å². The third-order valence-corrected chi connectivity index (χ3v) is 15.8. The summed E-state index contributed by atoms with van der Waals surface area (Å²) >= 11 is 0. The molecule has 9 nitrogen and oxygen atoms in total. The van der Waals surface area contributed by atoms with Gasteiger partial charge in [-0.05, 0) is 173 Å². The molecule has 0 aliphatic carbocycles. The van der Waals surface area contributed by atoms with Gasteiger partial charge in [-0.1, -0.05) is 327 Å². The van der Waals surface area contributed by atoms with Crippen molar-refractivity contribution < 1.29 is 42.9 Å². The van der Waals surface area contributed by atoms with Crippen molar-refractivity contribution in [2.75, 3.05) is 47.5 Å². The molecule has 0 heterocycles. The van der Waals surface area contributed by atoms with Crippen molar-refractivity contribution >= 4 is 17.9 Å².